The van der Waals surface area contributed by atoms with Gasteiger partial charge in [0, 0.05) is 25.4 Å². The summed E-state index contributed by atoms with van der Waals surface area (Å²) < 4.78 is 0. The number of carbonyl (C=O) groups excluding carboxylic acids is 2. The average Bonchev–Trinajstić information content (AvgIpc) is 2.70. The van der Waals surface area contributed by atoms with Crippen molar-refractivity contribution in [2.45, 2.75) is 64.2 Å². The predicted octanol–water partition coefficient (Wildman–Crippen LogP) is 2.94. The van der Waals surface area contributed by atoms with Crippen LogP contribution in [0.4, 0.5) is 0 Å². The van der Waals surface area contributed by atoms with Crippen LogP contribution in [0.1, 0.15) is 64.2 Å². The van der Waals surface area contributed by atoms with Gasteiger partial charge >= 0.3 is 0 Å². The van der Waals surface area contributed by atoms with Crippen LogP contribution in [0.3, 0.4) is 0 Å². The highest BCUT2D eigenvalue weighted by molar-refractivity contribution is 5.86. The van der Waals surface area contributed by atoms with Crippen LogP contribution in [-0.4, -0.2) is 24.9 Å². The molecule has 21 heavy (non-hydrogen) atoms. The van der Waals surface area contributed by atoms with Crippen LogP contribution in [0, 0.1) is 5.92 Å². The predicted molar refractivity (Wildman–Crippen MR) is 85.9 cm³/mol. The minimum atomic E-state index is -0.133. The maximum absolute atomic E-state index is 12.0. The third-order valence-corrected chi connectivity index (χ3v) is 3.99. The molecular formula is C17H30N2O2. The maximum Gasteiger partial charge on any atom is 0.223 e. The molecule has 120 valence electrons. The van der Waals surface area contributed by atoms with Gasteiger partial charge in [-0.3, -0.25) is 9.59 Å². The molecule has 2 amide bonds. The lowest BCUT2D eigenvalue weighted by Crippen LogP contribution is -2.33. The van der Waals surface area contributed by atoms with E-state index in [2.05, 4.69) is 17.2 Å². The van der Waals surface area contributed by atoms with Crippen molar-refractivity contribution in [1.82, 2.24) is 10.6 Å². The summed E-state index contributed by atoms with van der Waals surface area (Å²) in [5, 5.41) is 5.79. The van der Waals surface area contributed by atoms with E-state index in [0.29, 0.717) is 13.0 Å². The van der Waals surface area contributed by atoms with Gasteiger partial charge in [0.1, 0.15) is 0 Å². The minimum absolute atomic E-state index is 0.00664. The Morgan fingerprint density at radius 2 is 1.95 bits per heavy atom. The van der Waals surface area contributed by atoms with Crippen molar-refractivity contribution in [2.75, 3.05) is 13.1 Å². The van der Waals surface area contributed by atoms with E-state index in [0.717, 1.165) is 32.2 Å². The first-order chi connectivity index (χ1) is 10.2. The first kappa shape index (κ1) is 17.7. The molecule has 1 aliphatic heterocycles. The van der Waals surface area contributed by atoms with Gasteiger partial charge < -0.3 is 10.6 Å². The molecule has 0 spiro atoms. The van der Waals surface area contributed by atoms with E-state index < -0.39 is 0 Å². The van der Waals surface area contributed by atoms with Crippen LogP contribution in [0.15, 0.2) is 12.7 Å². The standard InChI is InChI=1S/C17H30N2O2/c1-2-3-4-5-6-7-8-9-12-19-17(21)15-11-10-13-18-16(20)14-15/h2,15H,1,3-14H2,(H,18,20)(H,19,21)/t15-/m0/s1. The van der Waals surface area contributed by atoms with Crippen molar-refractivity contribution in [3.63, 3.8) is 0 Å². The summed E-state index contributed by atoms with van der Waals surface area (Å²) in [6.07, 6.45) is 12.4. The molecule has 0 aromatic heterocycles. The molecule has 1 aliphatic rings. The first-order valence-corrected chi connectivity index (χ1v) is 8.39. The van der Waals surface area contributed by atoms with Crippen LogP contribution in [0.5, 0.6) is 0 Å². The van der Waals surface area contributed by atoms with Crippen LogP contribution in [0.25, 0.3) is 0 Å². The summed E-state index contributed by atoms with van der Waals surface area (Å²) in [6.45, 7) is 5.16. The molecule has 1 atom stereocenters. The second-order valence-electron chi connectivity index (χ2n) is 5.88. The second kappa shape index (κ2) is 11.4. The van der Waals surface area contributed by atoms with Gasteiger partial charge in [-0.15, -0.1) is 6.58 Å². The summed E-state index contributed by atoms with van der Waals surface area (Å²) in [7, 11) is 0. The summed E-state index contributed by atoms with van der Waals surface area (Å²) >= 11 is 0. The van der Waals surface area contributed by atoms with Gasteiger partial charge in [-0.1, -0.05) is 31.8 Å². The maximum atomic E-state index is 12.0. The zero-order valence-corrected chi connectivity index (χ0v) is 13.2. The van der Waals surface area contributed by atoms with Gasteiger partial charge in [0.25, 0.3) is 0 Å². The molecule has 1 fully saturated rings. The Morgan fingerprint density at radius 1 is 1.24 bits per heavy atom. The number of nitrogens with one attached hydrogen (secondary N) is 2. The molecule has 0 bridgehead atoms. The average molecular weight is 294 g/mol. The number of rotatable bonds is 10. The lowest BCUT2D eigenvalue weighted by atomic mass is 9.99. The van der Waals surface area contributed by atoms with Crippen molar-refractivity contribution in [1.29, 1.82) is 0 Å². The number of amides is 2. The van der Waals surface area contributed by atoms with E-state index in [-0.39, 0.29) is 17.7 Å². The zero-order valence-electron chi connectivity index (χ0n) is 13.2. The Bertz CT molecular complexity index is 329. The third-order valence-electron chi connectivity index (χ3n) is 3.99. The lowest BCUT2D eigenvalue weighted by Gasteiger charge is -2.13. The van der Waals surface area contributed by atoms with Crippen LogP contribution >= 0.6 is 0 Å². The molecule has 0 unspecified atom stereocenters. The van der Waals surface area contributed by atoms with Gasteiger partial charge in [0.15, 0.2) is 0 Å². The molecule has 0 radical (unpaired) electrons. The third kappa shape index (κ3) is 8.53. The molecule has 4 nitrogen and oxygen atoms in total. The van der Waals surface area contributed by atoms with Crippen molar-refractivity contribution in [3.05, 3.63) is 12.7 Å². The molecule has 0 aromatic carbocycles. The summed E-state index contributed by atoms with van der Waals surface area (Å²) in [4.78, 5) is 23.4. The summed E-state index contributed by atoms with van der Waals surface area (Å²) in [6, 6.07) is 0. The topological polar surface area (TPSA) is 58.2 Å². The fourth-order valence-electron chi connectivity index (χ4n) is 2.67. The smallest absolute Gasteiger partial charge is 0.223 e. The van der Waals surface area contributed by atoms with Crippen molar-refractivity contribution < 1.29 is 9.59 Å². The summed E-state index contributed by atoms with van der Waals surface area (Å²) in [5.41, 5.74) is 0. The monoisotopic (exact) mass is 294 g/mol. The Kier molecular flexibility index (Phi) is 9.58. The van der Waals surface area contributed by atoms with Crippen LogP contribution in [0.2, 0.25) is 0 Å². The summed E-state index contributed by atoms with van der Waals surface area (Å²) in [5.74, 6) is -0.0726. The molecular weight excluding hydrogens is 264 g/mol. The van der Waals surface area contributed by atoms with E-state index in [1.54, 1.807) is 0 Å². The Morgan fingerprint density at radius 3 is 2.71 bits per heavy atom. The number of allylic oxidation sites excluding steroid dienone is 1. The van der Waals surface area contributed by atoms with Crippen LogP contribution in [-0.2, 0) is 9.59 Å². The van der Waals surface area contributed by atoms with Gasteiger partial charge in [0.05, 0.1) is 0 Å². The van der Waals surface area contributed by atoms with Crippen molar-refractivity contribution in [2.24, 2.45) is 5.92 Å². The van der Waals surface area contributed by atoms with Gasteiger partial charge in [0.2, 0.25) is 11.8 Å². The Labute approximate surface area is 128 Å². The zero-order chi connectivity index (χ0) is 15.3. The van der Waals surface area contributed by atoms with E-state index >= 15 is 0 Å². The van der Waals surface area contributed by atoms with Gasteiger partial charge in [-0.05, 0) is 32.1 Å². The fraction of sp³-hybridized carbons (Fsp3) is 0.765. The molecule has 1 saturated heterocycles. The number of unbranched alkanes of at least 4 members (excludes halogenated alkanes) is 6. The highest BCUT2D eigenvalue weighted by Gasteiger charge is 2.23. The molecule has 0 saturated carbocycles. The normalized spacial score (nSPS) is 18.7. The highest BCUT2D eigenvalue weighted by Crippen LogP contribution is 2.14. The molecule has 1 rings (SSSR count). The molecule has 2 N–H and O–H groups in total. The van der Waals surface area contributed by atoms with Gasteiger partial charge in [-0.25, -0.2) is 0 Å². The van der Waals surface area contributed by atoms with E-state index in [1.165, 1.54) is 32.1 Å². The fourth-order valence-corrected chi connectivity index (χ4v) is 2.67. The van der Waals surface area contributed by atoms with E-state index in [4.69, 9.17) is 0 Å². The molecule has 0 aromatic rings. The molecule has 4 heteroatoms. The van der Waals surface area contributed by atoms with Crippen molar-refractivity contribution in [3.8, 4) is 0 Å². The minimum Gasteiger partial charge on any atom is -0.356 e. The quantitative estimate of drug-likeness (QED) is 0.481. The Hall–Kier alpha value is -1.32. The second-order valence-corrected chi connectivity index (χ2v) is 5.88. The largest absolute Gasteiger partial charge is 0.356 e. The van der Waals surface area contributed by atoms with E-state index in [9.17, 15) is 9.59 Å². The number of hydrogen-bond acceptors (Lipinski definition) is 2. The Balaban J connectivity index is 2.00. The highest BCUT2D eigenvalue weighted by atomic mass is 16.2. The van der Waals surface area contributed by atoms with Crippen LogP contribution < -0.4 is 10.6 Å². The number of hydrogen-bond donors (Lipinski definition) is 2. The lowest BCUT2D eigenvalue weighted by molar-refractivity contribution is -0.129. The van der Waals surface area contributed by atoms with E-state index in [1.807, 2.05) is 6.08 Å². The molecule has 0 aliphatic carbocycles. The van der Waals surface area contributed by atoms with Gasteiger partial charge in [-0.2, -0.15) is 0 Å². The SMILES string of the molecule is C=CCCCCCCCCNC(=O)[C@H]1CCCNC(=O)C1. The van der Waals surface area contributed by atoms with Crippen molar-refractivity contribution >= 4 is 11.8 Å². The number of carbonyl (C=O) groups is 2. The molecule has 1 heterocycles. The first-order valence-electron chi connectivity index (χ1n) is 8.39.